The average molecular weight is 502 g/mol. The molecule has 1 aromatic heterocycles. The van der Waals surface area contributed by atoms with Crippen molar-refractivity contribution in [1.29, 1.82) is 0 Å². The number of H-pyrrole nitrogens is 1. The number of likely N-dealkylation sites (tertiary alicyclic amines) is 1. The van der Waals surface area contributed by atoms with Crippen molar-refractivity contribution in [1.82, 2.24) is 14.9 Å². The highest BCUT2D eigenvalue weighted by Gasteiger charge is 2.34. The minimum Gasteiger partial charge on any atom is -0.469 e. The Bertz CT molecular complexity index is 1350. The minimum atomic E-state index is -4.63. The number of hydrogen-bond donors (Lipinski definition) is 2. The number of carbonyl (C=O) groups excluding carboxylic acids is 2. The van der Waals surface area contributed by atoms with Gasteiger partial charge in [0.05, 0.1) is 29.5 Å². The Morgan fingerprint density at radius 3 is 2.61 bits per heavy atom. The summed E-state index contributed by atoms with van der Waals surface area (Å²) in [6.07, 6.45) is -3.28. The van der Waals surface area contributed by atoms with Crippen LogP contribution in [0.5, 0.6) is 0 Å². The maximum atomic E-state index is 13.7. The van der Waals surface area contributed by atoms with Crippen LogP contribution in [0.4, 0.5) is 18.9 Å². The maximum absolute atomic E-state index is 13.7. The monoisotopic (exact) mass is 502 g/mol. The predicted octanol–water partition coefficient (Wildman–Crippen LogP) is 3.89. The van der Waals surface area contributed by atoms with Crippen LogP contribution < -0.4 is 10.9 Å². The summed E-state index contributed by atoms with van der Waals surface area (Å²) in [5.74, 6) is -0.700. The molecule has 0 unspecified atom stereocenters. The number of anilines is 1. The third-order valence-electron chi connectivity index (χ3n) is 6.21. The average Bonchev–Trinajstić information content (AvgIpc) is 2.86. The highest BCUT2D eigenvalue weighted by Crippen LogP contribution is 2.34. The molecule has 2 aromatic carbocycles. The van der Waals surface area contributed by atoms with E-state index in [0.29, 0.717) is 30.6 Å². The number of rotatable bonds is 5. The van der Waals surface area contributed by atoms with Crippen LogP contribution in [0.1, 0.15) is 40.2 Å². The SMILES string of the molecule is COC(=O)[C@H]1CCCN(C(=O)c2ccc(NCc3cc4c(=O)[nH]c(C)nc4cc3C(F)(F)F)cc2)C1. The maximum Gasteiger partial charge on any atom is 0.416 e. The quantitative estimate of drug-likeness (QED) is 0.513. The molecular formula is C25H25F3N4O4. The Balaban J connectivity index is 1.50. The second kappa shape index (κ2) is 10.00. The summed E-state index contributed by atoms with van der Waals surface area (Å²) in [5, 5.41) is 2.99. The molecule has 0 aliphatic carbocycles. The van der Waals surface area contributed by atoms with Gasteiger partial charge in [0.25, 0.3) is 11.5 Å². The summed E-state index contributed by atoms with van der Waals surface area (Å²) in [6.45, 7) is 2.11. The number of fused-ring (bicyclic) bond motifs is 1. The molecule has 1 saturated heterocycles. The number of ether oxygens (including phenoxy) is 1. The van der Waals surface area contributed by atoms with Gasteiger partial charge in [0.1, 0.15) is 5.82 Å². The lowest BCUT2D eigenvalue weighted by molar-refractivity contribution is -0.147. The number of esters is 1. The zero-order valence-electron chi connectivity index (χ0n) is 19.7. The molecule has 1 atom stereocenters. The number of nitrogens with zero attached hydrogens (tertiary/aromatic N) is 2. The van der Waals surface area contributed by atoms with Gasteiger partial charge in [-0.2, -0.15) is 13.2 Å². The van der Waals surface area contributed by atoms with Crippen LogP contribution in [-0.4, -0.2) is 46.9 Å². The number of alkyl halides is 3. The third kappa shape index (κ3) is 5.34. The standard InChI is InChI=1S/C25H25F3N4O4/c1-14-30-21-11-20(25(26,27)28)17(10-19(21)22(33)31-14)12-29-18-7-5-15(6-8-18)23(34)32-9-3-4-16(13-32)24(35)36-2/h5-8,10-11,16,29H,3-4,9,12-13H2,1-2H3,(H,30,31,33)/t16-/m0/s1. The van der Waals surface area contributed by atoms with Crippen LogP contribution in [-0.2, 0) is 22.3 Å². The molecular weight excluding hydrogens is 477 g/mol. The summed E-state index contributed by atoms with van der Waals surface area (Å²) in [6, 6.07) is 8.44. The number of halogens is 3. The summed E-state index contributed by atoms with van der Waals surface area (Å²) < 4.78 is 45.9. The van der Waals surface area contributed by atoms with Crippen LogP contribution in [0.15, 0.2) is 41.2 Å². The summed E-state index contributed by atoms with van der Waals surface area (Å²) in [7, 11) is 1.32. The number of carbonyl (C=O) groups is 2. The topological polar surface area (TPSA) is 104 Å². The first-order valence-electron chi connectivity index (χ1n) is 11.4. The number of aromatic nitrogens is 2. The van der Waals surface area contributed by atoms with Crippen molar-refractivity contribution in [2.45, 2.75) is 32.5 Å². The Kier molecular flexibility index (Phi) is 7.00. The first kappa shape index (κ1) is 25.2. The van der Waals surface area contributed by atoms with Crippen LogP contribution in [0.3, 0.4) is 0 Å². The lowest BCUT2D eigenvalue weighted by Gasteiger charge is -2.31. The molecule has 2 heterocycles. The van der Waals surface area contributed by atoms with Gasteiger partial charge < -0.3 is 19.9 Å². The lowest BCUT2D eigenvalue weighted by atomic mass is 9.97. The molecule has 3 aromatic rings. The normalized spacial score (nSPS) is 16.1. The Labute approximate surface area is 204 Å². The lowest BCUT2D eigenvalue weighted by Crippen LogP contribution is -2.42. The van der Waals surface area contributed by atoms with Crippen LogP contribution in [0, 0.1) is 12.8 Å². The van der Waals surface area contributed by atoms with Crippen LogP contribution >= 0.6 is 0 Å². The predicted molar refractivity (Wildman–Crippen MR) is 127 cm³/mol. The van der Waals surface area contributed by atoms with E-state index < -0.39 is 17.3 Å². The Morgan fingerprint density at radius 1 is 1.22 bits per heavy atom. The molecule has 0 saturated carbocycles. The number of aryl methyl sites for hydroxylation is 1. The van der Waals surface area contributed by atoms with Gasteiger partial charge >= 0.3 is 12.1 Å². The minimum absolute atomic E-state index is 0.0256. The number of piperidine rings is 1. The molecule has 4 rings (SSSR count). The van der Waals surface area contributed by atoms with E-state index in [4.69, 9.17) is 4.74 Å². The second-order valence-electron chi connectivity index (χ2n) is 8.72. The molecule has 2 N–H and O–H groups in total. The van der Waals surface area contributed by atoms with Crippen LogP contribution in [0.25, 0.3) is 10.9 Å². The van der Waals surface area contributed by atoms with Gasteiger partial charge in [-0.15, -0.1) is 0 Å². The number of methoxy groups -OCH3 is 1. The molecule has 0 spiro atoms. The Hall–Kier alpha value is -3.89. The fourth-order valence-electron chi connectivity index (χ4n) is 4.39. The summed E-state index contributed by atoms with van der Waals surface area (Å²) in [5.41, 5.74) is -0.613. The van der Waals surface area contributed by atoms with Gasteiger partial charge in [-0.1, -0.05) is 0 Å². The fourth-order valence-corrected chi connectivity index (χ4v) is 4.39. The van der Waals surface area contributed by atoms with E-state index in [1.165, 1.54) is 20.1 Å². The number of nitrogens with one attached hydrogen (secondary N) is 2. The molecule has 8 nitrogen and oxygen atoms in total. The molecule has 1 amide bonds. The molecule has 0 bridgehead atoms. The number of hydrogen-bond acceptors (Lipinski definition) is 6. The van der Waals surface area contributed by atoms with Gasteiger partial charge in [0.15, 0.2) is 0 Å². The molecule has 1 fully saturated rings. The highest BCUT2D eigenvalue weighted by atomic mass is 19.4. The van der Waals surface area contributed by atoms with Crippen molar-refractivity contribution in [3.8, 4) is 0 Å². The third-order valence-corrected chi connectivity index (χ3v) is 6.21. The van der Waals surface area contributed by atoms with E-state index in [-0.39, 0.29) is 53.2 Å². The van der Waals surface area contributed by atoms with Gasteiger partial charge in [0.2, 0.25) is 0 Å². The summed E-state index contributed by atoms with van der Waals surface area (Å²) >= 11 is 0. The van der Waals surface area contributed by atoms with E-state index in [9.17, 15) is 27.6 Å². The molecule has 36 heavy (non-hydrogen) atoms. The van der Waals surface area contributed by atoms with Gasteiger partial charge in [-0.25, -0.2) is 4.98 Å². The van der Waals surface area contributed by atoms with Crippen molar-refractivity contribution in [3.63, 3.8) is 0 Å². The highest BCUT2D eigenvalue weighted by molar-refractivity contribution is 5.95. The van der Waals surface area contributed by atoms with Crippen molar-refractivity contribution < 1.29 is 27.5 Å². The second-order valence-corrected chi connectivity index (χ2v) is 8.72. The van der Waals surface area contributed by atoms with Crippen molar-refractivity contribution >= 4 is 28.5 Å². The zero-order valence-corrected chi connectivity index (χ0v) is 19.7. The fraction of sp³-hybridized carbons (Fsp3) is 0.360. The van der Waals surface area contributed by atoms with Gasteiger partial charge in [-0.3, -0.25) is 14.4 Å². The van der Waals surface area contributed by atoms with Crippen LogP contribution in [0.2, 0.25) is 0 Å². The Morgan fingerprint density at radius 2 is 1.94 bits per heavy atom. The first-order chi connectivity index (χ1) is 17.1. The number of benzene rings is 2. The van der Waals surface area contributed by atoms with E-state index in [1.807, 2.05) is 0 Å². The van der Waals surface area contributed by atoms with E-state index in [2.05, 4.69) is 15.3 Å². The smallest absolute Gasteiger partial charge is 0.416 e. The zero-order chi connectivity index (χ0) is 26.0. The molecule has 1 aliphatic heterocycles. The molecule has 190 valence electrons. The largest absolute Gasteiger partial charge is 0.469 e. The number of aromatic amines is 1. The van der Waals surface area contributed by atoms with Gasteiger partial charge in [0, 0.05) is 30.9 Å². The summed E-state index contributed by atoms with van der Waals surface area (Å²) in [4.78, 5) is 45.1. The molecule has 11 heteroatoms. The van der Waals surface area contributed by atoms with Crippen molar-refractivity contribution in [2.24, 2.45) is 5.92 Å². The van der Waals surface area contributed by atoms with Crippen molar-refractivity contribution in [2.75, 3.05) is 25.5 Å². The molecule has 0 radical (unpaired) electrons. The van der Waals surface area contributed by atoms with Gasteiger partial charge in [-0.05, 0) is 61.7 Å². The van der Waals surface area contributed by atoms with E-state index >= 15 is 0 Å². The van der Waals surface area contributed by atoms with Crippen molar-refractivity contribution in [3.05, 3.63) is 69.3 Å². The van der Waals surface area contributed by atoms with E-state index in [1.54, 1.807) is 29.2 Å². The number of amides is 1. The first-order valence-corrected chi connectivity index (χ1v) is 11.4. The van der Waals surface area contributed by atoms with E-state index in [0.717, 1.165) is 6.07 Å². The molecule has 1 aliphatic rings.